The molecular weight excluding hydrogens is 280 g/mol. The van der Waals surface area contributed by atoms with E-state index in [0.29, 0.717) is 0 Å². The molecule has 0 radical (unpaired) electrons. The number of halogens is 1. The van der Waals surface area contributed by atoms with Gasteiger partial charge in [0.2, 0.25) is 0 Å². The van der Waals surface area contributed by atoms with Crippen molar-refractivity contribution in [1.29, 1.82) is 0 Å². The predicted molar refractivity (Wildman–Crippen MR) is 74.4 cm³/mol. The average Bonchev–Trinajstić information content (AvgIpc) is 2.38. The molecule has 0 unspecified atom stereocenters. The Hall–Kier alpha value is -0.650. The Labute approximate surface area is 111 Å². The number of aromatic nitrogens is 1. The number of piperazine rings is 1. The standard InChI is InChI=1S/C12H19BrN4/c13-11-3-1-4-15-12(11)16-5-2-8-17-9-6-14-7-10-17/h1,3-4,14H,2,5-10H2,(H,15,16). The third kappa shape index (κ3) is 4.26. The van der Waals surface area contributed by atoms with Crippen molar-refractivity contribution in [3.05, 3.63) is 22.8 Å². The molecule has 1 saturated heterocycles. The zero-order valence-corrected chi connectivity index (χ0v) is 11.5. The highest BCUT2D eigenvalue weighted by molar-refractivity contribution is 9.10. The van der Waals surface area contributed by atoms with E-state index in [1.54, 1.807) is 0 Å². The first-order valence-electron chi connectivity index (χ1n) is 6.14. The van der Waals surface area contributed by atoms with Crippen molar-refractivity contribution in [3.8, 4) is 0 Å². The number of nitrogens with one attached hydrogen (secondary N) is 2. The Morgan fingerprint density at radius 2 is 2.24 bits per heavy atom. The molecule has 2 rings (SSSR count). The summed E-state index contributed by atoms with van der Waals surface area (Å²) in [5, 5.41) is 6.72. The molecule has 1 aliphatic rings. The van der Waals surface area contributed by atoms with Crippen molar-refractivity contribution in [2.45, 2.75) is 6.42 Å². The maximum absolute atomic E-state index is 4.28. The summed E-state index contributed by atoms with van der Waals surface area (Å²) >= 11 is 3.48. The van der Waals surface area contributed by atoms with Crippen molar-refractivity contribution in [1.82, 2.24) is 15.2 Å². The van der Waals surface area contributed by atoms with Crippen LogP contribution < -0.4 is 10.6 Å². The summed E-state index contributed by atoms with van der Waals surface area (Å²) in [5.41, 5.74) is 0. The number of hydrogen-bond donors (Lipinski definition) is 2. The van der Waals surface area contributed by atoms with E-state index in [4.69, 9.17) is 0 Å². The largest absolute Gasteiger partial charge is 0.369 e. The summed E-state index contributed by atoms with van der Waals surface area (Å²) in [5.74, 6) is 0.938. The molecule has 0 atom stereocenters. The van der Waals surface area contributed by atoms with Crippen LogP contribution in [0.3, 0.4) is 0 Å². The van der Waals surface area contributed by atoms with Crippen LogP contribution in [0.2, 0.25) is 0 Å². The van der Waals surface area contributed by atoms with Crippen molar-refractivity contribution >= 4 is 21.7 Å². The van der Waals surface area contributed by atoms with E-state index in [2.05, 4.69) is 36.4 Å². The molecule has 0 aromatic carbocycles. The van der Waals surface area contributed by atoms with Crippen LogP contribution in [-0.2, 0) is 0 Å². The van der Waals surface area contributed by atoms with E-state index >= 15 is 0 Å². The molecule has 1 aliphatic heterocycles. The van der Waals surface area contributed by atoms with Gasteiger partial charge in [-0.1, -0.05) is 0 Å². The fourth-order valence-electron chi connectivity index (χ4n) is 1.96. The van der Waals surface area contributed by atoms with Gasteiger partial charge in [0.05, 0.1) is 4.47 Å². The van der Waals surface area contributed by atoms with E-state index in [1.807, 2.05) is 18.3 Å². The van der Waals surface area contributed by atoms with Gasteiger partial charge in [-0.3, -0.25) is 0 Å². The molecule has 94 valence electrons. The molecule has 4 nitrogen and oxygen atoms in total. The lowest BCUT2D eigenvalue weighted by Gasteiger charge is -2.27. The monoisotopic (exact) mass is 298 g/mol. The van der Waals surface area contributed by atoms with Crippen LogP contribution in [0.1, 0.15) is 6.42 Å². The first-order valence-corrected chi connectivity index (χ1v) is 6.93. The lowest BCUT2D eigenvalue weighted by Crippen LogP contribution is -2.44. The molecule has 0 bridgehead atoms. The molecule has 1 aromatic rings. The van der Waals surface area contributed by atoms with Crippen molar-refractivity contribution in [2.75, 3.05) is 44.6 Å². The van der Waals surface area contributed by atoms with Crippen LogP contribution in [0.15, 0.2) is 22.8 Å². The van der Waals surface area contributed by atoms with Gasteiger partial charge in [-0.05, 0) is 41.0 Å². The van der Waals surface area contributed by atoms with Crippen molar-refractivity contribution in [3.63, 3.8) is 0 Å². The Bertz CT molecular complexity index is 339. The zero-order valence-electron chi connectivity index (χ0n) is 9.95. The van der Waals surface area contributed by atoms with E-state index in [-0.39, 0.29) is 0 Å². The molecule has 0 spiro atoms. The average molecular weight is 299 g/mol. The summed E-state index contributed by atoms with van der Waals surface area (Å²) < 4.78 is 1.03. The molecule has 0 aliphatic carbocycles. The Morgan fingerprint density at radius 3 is 3.00 bits per heavy atom. The van der Waals surface area contributed by atoms with E-state index in [0.717, 1.165) is 36.3 Å². The third-order valence-electron chi connectivity index (χ3n) is 2.91. The maximum atomic E-state index is 4.28. The molecule has 1 fully saturated rings. The molecule has 2 N–H and O–H groups in total. The topological polar surface area (TPSA) is 40.2 Å². The van der Waals surface area contributed by atoms with Gasteiger partial charge in [0, 0.05) is 38.9 Å². The molecule has 0 saturated carbocycles. The smallest absolute Gasteiger partial charge is 0.140 e. The second-order valence-corrected chi connectivity index (χ2v) is 5.06. The minimum atomic E-state index is 0.938. The van der Waals surface area contributed by atoms with Gasteiger partial charge in [0.25, 0.3) is 0 Å². The Balaban J connectivity index is 1.64. The van der Waals surface area contributed by atoms with Crippen LogP contribution in [-0.4, -0.2) is 49.2 Å². The summed E-state index contributed by atoms with van der Waals surface area (Å²) in [4.78, 5) is 6.79. The normalized spacial score (nSPS) is 17.0. The molecule has 5 heteroatoms. The predicted octanol–water partition coefficient (Wildman–Crippen LogP) is 1.55. The van der Waals surface area contributed by atoms with Crippen LogP contribution >= 0.6 is 15.9 Å². The van der Waals surface area contributed by atoms with Gasteiger partial charge < -0.3 is 15.5 Å². The van der Waals surface area contributed by atoms with Gasteiger partial charge in [0.1, 0.15) is 5.82 Å². The van der Waals surface area contributed by atoms with Crippen LogP contribution in [0.25, 0.3) is 0 Å². The summed E-state index contributed by atoms with van der Waals surface area (Å²) in [6, 6.07) is 3.93. The number of hydrogen-bond acceptors (Lipinski definition) is 4. The highest BCUT2D eigenvalue weighted by atomic mass is 79.9. The second-order valence-electron chi connectivity index (χ2n) is 4.21. The third-order valence-corrected chi connectivity index (χ3v) is 3.55. The van der Waals surface area contributed by atoms with Gasteiger partial charge >= 0.3 is 0 Å². The SMILES string of the molecule is Brc1cccnc1NCCCN1CCNCC1. The lowest BCUT2D eigenvalue weighted by atomic mass is 10.3. The van der Waals surface area contributed by atoms with Gasteiger partial charge in [0.15, 0.2) is 0 Å². The first-order chi connectivity index (χ1) is 8.36. The van der Waals surface area contributed by atoms with Crippen molar-refractivity contribution in [2.24, 2.45) is 0 Å². The summed E-state index contributed by atoms with van der Waals surface area (Å²) in [6.45, 7) is 6.73. The summed E-state index contributed by atoms with van der Waals surface area (Å²) in [7, 11) is 0. The van der Waals surface area contributed by atoms with Crippen LogP contribution in [0.4, 0.5) is 5.82 Å². The number of nitrogens with zero attached hydrogens (tertiary/aromatic N) is 2. The number of rotatable bonds is 5. The van der Waals surface area contributed by atoms with E-state index < -0.39 is 0 Å². The van der Waals surface area contributed by atoms with Gasteiger partial charge in [-0.2, -0.15) is 0 Å². The van der Waals surface area contributed by atoms with Crippen LogP contribution in [0.5, 0.6) is 0 Å². The highest BCUT2D eigenvalue weighted by Gasteiger charge is 2.08. The molecule has 0 amide bonds. The zero-order chi connectivity index (χ0) is 11.9. The van der Waals surface area contributed by atoms with E-state index in [9.17, 15) is 0 Å². The van der Waals surface area contributed by atoms with Crippen molar-refractivity contribution < 1.29 is 0 Å². The van der Waals surface area contributed by atoms with Gasteiger partial charge in [-0.15, -0.1) is 0 Å². The molecular formula is C12H19BrN4. The second kappa shape index (κ2) is 6.93. The van der Waals surface area contributed by atoms with Crippen LogP contribution in [0, 0.1) is 0 Å². The van der Waals surface area contributed by atoms with Gasteiger partial charge in [-0.25, -0.2) is 4.98 Å². The Kier molecular flexibility index (Phi) is 5.22. The van der Waals surface area contributed by atoms with E-state index in [1.165, 1.54) is 19.6 Å². The minimum Gasteiger partial charge on any atom is -0.369 e. The molecule has 2 heterocycles. The quantitative estimate of drug-likeness (QED) is 0.809. The Morgan fingerprint density at radius 1 is 1.41 bits per heavy atom. The molecule has 1 aromatic heterocycles. The fourth-order valence-corrected chi connectivity index (χ4v) is 2.36. The molecule has 17 heavy (non-hydrogen) atoms. The number of pyridine rings is 1. The highest BCUT2D eigenvalue weighted by Crippen LogP contribution is 2.17. The fraction of sp³-hybridized carbons (Fsp3) is 0.583. The first kappa shape index (κ1) is 12.8. The summed E-state index contributed by atoms with van der Waals surface area (Å²) in [6.07, 6.45) is 2.96. The minimum absolute atomic E-state index is 0.938. The maximum Gasteiger partial charge on any atom is 0.140 e. The lowest BCUT2D eigenvalue weighted by molar-refractivity contribution is 0.240. The number of anilines is 1.